The topological polar surface area (TPSA) is 52.4 Å². The SMILES string of the molecule is N#Cc1cccc(CN2CCN3C[C@H](OCc4ccccn4)C[C@H]3C2)c1. The average Bonchev–Trinajstić information content (AvgIpc) is 3.09. The summed E-state index contributed by atoms with van der Waals surface area (Å²) in [6.07, 6.45) is 3.20. The zero-order valence-corrected chi connectivity index (χ0v) is 14.9. The highest BCUT2D eigenvalue weighted by Gasteiger charge is 2.36. The van der Waals surface area contributed by atoms with E-state index < -0.39 is 0 Å². The highest BCUT2D eigenvalue weighted by atomic mass is 16.5. The second-order valence-corrected chi connectivity index (χ2v) is 7.19. The first-order valence-corrected chi connectivity index (χ1v) is 9.27. The number of fused-ring (bicyclic) bond motifs is 1. The van der Waals surface area contributed by atoms with E-state index in [1.165, 1.54) is 5.56 Å². The van der Waals surface area contributed by atoms with Crippen LogP contribution in [0.2, 0.25) is 0 Å². The summed E-state index contributed by atoms with van der Waals surface area (Å²) >= 11 is 0. The minimum absolute atomic E-state index is 0.295. The van der Waals surface area contributed by atoms with Crippen LogP contribution in [0.5, 0.6) is 0 Å². The molecule has 2 fully saturated rings. The largest absolute Gasteiger partial charge is 0.371 e. The van der Waals surface area contributed by atoms with Gasteiger partial charge in [0, 0.05) is 45.0 Å². The number of rotatable bonds is 5. The van der Waals surface area contributed by atoms with Gasteiger partial charge in [-0.2, -0.15) is 5.26 Å². The molecule has 2 saturated heterocycles. The number of nitriles is 1. The predicted octanol–water partition coefficient (Wildman–Crippen LogP) is 2.43. The summed E-state index contributed by atoms with van der Waals surface area (Å²) in [5.74, 6) is 0. The average molecular weight is 348 g/mol. The number of hydrogen-bond donors (Lipinski definition) is 0. The number of hydrogen-bond acceptors (Lipinski definition) is 5. The number of pyridine rings is 1. The van der Waals surface area contributed by atoms with Crippen molar-refractivity contribution >= 4 is 0 Å². The third kappa shape index (κ3) is 4.10. The van der Waals surface area contributed by atoms with Crippen molar-refractivity contribution in [2.75, 3.05) is 26.2 Å². The molecule has 4 rings (SSSR count). The minimum atomic E-state index is 0.295. The lowest BCUT2D eigenvalue weighted by atomic mass is 10.1. The van der Waals surface area contributed by atoms with E-state index in [2.05, 4.69) is 26.9 Å². The molecule has 2 aliphatic rings. The summed E-state index contributed by atoms with van der Waals surface area (Å²) in [5.41, 5.74) is 2.96. The maximum Gasteiger partial charge on any atom is 0.0991 e. The van der Waals surface area contributed by atoms with Crippen molar-refractivity contribution in [3.8, 4) is 6.07 Å². The van der Waals surface area contributed by atoms with Gasteiger partial charge in [0.25, 0.3) is 0 Å². The normalized spacial score (nSPS) is 23.5. The minimum Gasteiger partial charge on any atom is -0.371 e. The molecular formula is C21H24N4O. The monoisotopic (exact) mass is 348 g/mol. The fourth-order valence-corrected chi connectivity index (χ4v) is 4.01. The third-order valence-electron chi connectivity index (χ3n) is 5.32. The molecule has 1 aromatic heterocycles. The van der Waals surface area contributed by atoms with Gasteiger partial charge in [-0.1, -0.05) is 18.2 Å². The molecule has 0 unspecified atom stereocenters. The van der Waals surface area contributed by atoms with Gasteiger partial charge >= 0.3 is 0 Å². The van der Waals surface area contributed by atoms with Crippen molar-refractivity contribution in [1.29, 1.82) is 5.26 Å². The fraction of sp³-hybridized carbons (Fsp3) is 0.429. The van der Waals surface area contributed by atoms with Crippen molar-refractivity contribution in [3.63, 3.8) is 0 Å². The quantitative estimate of drug-likeness (QED) is 0.831. The molecular weight excluding hydrogens is 324 g/mol. The van der Waals surface area contributed by atoms with E-state index in [0.717, 1.165) is 50.4 Å². The molecule has 5 nitrogen and oxygen atoms in total. The van der Waals surface area contributed by atoms with Gasteiger partial charge in [-0.25, -0.2) is 0 Å². The van der Waals surface area contributed by atoms with E-state index >= 15 is 0 Å². The molecule has 1 aromatic carbocycles. The molecule has 2 aliphatic heterocycles. The Kier molecular flexibility index (Phi) is 5.26. The molecule has 0 amide bonds. The van der Waals surface area contributed by atoms with Crippen LogP contribution in [0, 0.1) is 11.3 Å². The van der Waals surface area contributed by atoms with Crippen LogP contribution in [-0.4, -0.2) is 53.1 Å². The summed E-state index contributed by atoms with van der Waals surface area (Å²) < 4.78 is 6.11. The zero-order valence-electron chi connectivity index (χ0n) is 14.9. The maximum atomic E-state index is 9.06. The molecule has 0 aliphatic carbocycles. The second-order valence-electron chi connectivity index (χ2n) is 7.19. The van der Waals surface area contributed by atoms with Crippen molar-refractivity contribution in [3.05, 3.63) is 65.5 Å². The van der Waals surface area contributed by atoms with Gasteiger partial charge in [-0.15, -0.1) is 0 Å². The van der Waals surface area contributed by atoms with Gasteiger partial charge < -0.3 is 4.74 Å². The van der Waals surface area contributed by atoms with Crippen LogP contribution in [-0.2, 0) is 17.9 Å². The standard InChI is InChI=1S/C21H24N4O/c22-12-17-4-3-5-18(10-17)13-24-8-9-25-15-21(11-20(25)14-24)26-16-19-6-1-2-7-23-19/h1-7,10,20-21H,8-9,11,13-16H2/t20-,21+/m0/s1. The van der Waals surface area contributed by atoms with E-state index in [1.54, 1.807) is 0 Å². The highest BCUT2D eigenvalue weighted by Crippen LogP contribution is 2.25. The molecule has 0 saturated carbocycles. The lowest BCUT2D eigenvalue weighted by Crippen LogP contribution is -2.49. The van der Waals surface area contributed by atoms with Gasteiger partial charge in [0.1, 0.15) is 0 Å². The molecule has 5 heteroatoms. The number of benzene rings is 1. The van der Waals surface area contributed by atoms with Crippen molar-refractivity contribution in [2.24, 2.45) is 0 Å². The summed E-state index contributed by atoms with van der Waals surface area (Å²) in [5, 5.41) is 9.06. The first kappa shape index (κ1) is 17.2. The molecule has 0 spiro atoms. The summed E-state index contributed by atoms with van der Waals surface area (Å²) in [6, 6.07) is 16.7. The van der Waals surface area contributed by atoms with Crippen molar-refractivity contribution in [1.82, 2.24) is 14.8 Å². The molecule has 0 N–H and O–H groups in total. The number of ether oxygens (including phenoxy) is 1. The maximum absolute atomic E-state index is 9.06. The molecule has 26 heavy (non-hydrogen) atoms. The molecule has 2 atom stereocenters. The smallest absolute Gasteiger partial charge is 0.0991 e. The Bertz CT molecular complexity index is 773. The van der Waals surface area contributed by atoms with E-state index in [0.29, 0.717) is 18.8 Å². The molecule has 2 aromatic rings. The number of aromatic nitrogens is 1. The first-order valence-electron chi connectivity index (χ1n) is 9.27. The van der Waals surface area contributed by atoms with Crippen LogP contribution in [0.15, 0.2) is 48.7 Å². The predicted molar refractivity (Wildman–Crippen MR) is 99.2 cm³/mol. The highest BCUT2D eigenvalue weighted by molar-refractivity contribution is 5.32. The van der Waals surface area contributed by atoms with Crippen LogP contribution in [0.25, 0.3) is 0 Å². The summed E-state index contributed by atoms with van der Waals surface area (Å²) in [6.45, 7) is 5.76. The van der Waals surface area contributed by atoms with E-state index in [1.807, 2.05) is 42.6 Å². The van der Waals surface area contributed by atoms with E-state index in [9.17, 15) is 0 Å². The Morgan fingerprint density at radius 1 is 1.15 bits per heavy atom. The lowest BCUT2D eigenvalue weighted by Gasteiger charge is -2.37. The summed E-state index contributed by atoms with van der Waals surface area (Å²) in [7, 11) is 0. The Labute approximate surface area is 154 Å². The third-order valence-corrected chi connectivity index (χ3v) is 5.32. The number of piperazine rings is 1. The Balaban J connectivity index is 1.29. The Morgan fingerprint density at radius 2 is 2.12 bits per heavy atom. The van der Waals surface area contributed by atoms with Gasteiger partial charge in [0.05, 0.1) is 30.0 Å². The van der Waals surface area contributed by atoms with E-state index in [-0.39, 0.29) is 0 Å². The van der Waals surface area contributed by atoms with Crippen molar-refractivity contribution < 1.29 is 4.74 Å². The molecule has 0 radical (unpaired) electrons. The molecule has 3 heterocycles. The van der Waals surface area contributed by atoms with Crippen LogP contribution in [0.4, 0.5) is 0 Å². The van der Waals surface area contributed by atoms with Gasteiger partial charge in [-0.05, 0) is 36.2 Å². The van der Waals surface area contributed by atoms with Gasteiger partial charge in [0.2, 0.25) is 0 Å². The van der Waals surface area contributed by atoms with Gasteiger partial charge in [-0.3, -0.25) is 14.8 Å². The summed E-state index contributed by atoms with van der Waals surface area (Å²) in [4.78, 5) is 9.39. The van der Waals surface area contributed by atoms with Crippen LogP contribution < -0.4 is 0 Å². The van der Waals surface area contributed by atoms with Crippen molar-refractivity contribution in [2.45, 2.75) is 31.7 Å². The fourth-order valence-electron chi connectivity index (χ4n) is 4.01. The molecule has 134 valence electrons. The lowest BCUT2D eigenvalue weighted by molar-refractivity contribution is 0.0440. The zero-order chi connectivity index (χ0) is 17.8. The second kappa shape index (κ2) is 7.96. The number of nitrogens with zero attached hydrogens (tertiary/aromatic N) is 4. The Hall–Kier alpha value is -2.26. The Morgan fingerprint density at radius 3 is 2.96 bits per heavy atom. The first-order chi connectivity index (χ1) is 12.8. The van der Waals surface area contributed by atoms with E-state index in [4.69, 9.17) is 10.00 Å². The van der Waals surface area contributed by atoms with Crippen LogP contribution >= 0.6 is 0 Å². The van der Waals surface area contributed by atoms with Gasteiger partial charge in [0.15, 0.2) is 0 Å². The molecule has 0 bridgehead atoms. The van der Waals surface area contributed by atoms with Crippen LogP contribution in [0.3, 0.4) is 0 Å². The van der Waals surface area contributed by atoms with Crippen LogP contribution in [0.1, 0.15) is 23.2 Å².